The van der Waals surface area contributed by atoms with Gasteiger partial charge in [-0.15, -0.1) is 0 Å². The number of likely N-dealkylation sites (N-methyl/N-ethyl adjacent to an activating group) is 1. The lowest BCUT2D eigenvalue weighted by Crippen LogP contribution is -2.62. The van der Waals surface area contributed by atoms with Crippen molar-refractivity contribution in [1.82, 2.24) is 4.90 Å². The summed E-state index contributed by atoms with van der Waals surface area (Å²) in [5.74, 6) is 0. The summed E-state index contributed by atoms with van der Waals surface area (Å²) in [6, 6.07) is 0.675. The molecule has 2 fully saturated rings. The highest BCUT2D eigenvalue weighted by Gasteiger charge is 2.52. The predicted octanol–water partition coefficient (Wildman–Crippen LogP) is 0.707. The monoisotopic (exact) mass is 325 g/mol. The average molecular weight is 325 g/mol. The summed E-state index contributed by atoms with van der Waals surface area (Å²) >= 11 is 2.48. The molecule has 0 aliphatic carbocycles. The molecular weight excluding hydrogens is 303 g/mol. The third kappa shape index (κ3) is 2.33. The maximum Gasteiger partial charge on any atom is 0.116 e. The van der Waals surface area contributed by atoms with E-state index in [0.717, 1.165) is 13.0 Å². The molecule has 0 amide bonds. The number of hydrogen-bond donors (Lipinski definition) is 1. The van der Waals surface area contributed by atoms with Crippen LogP contribution in [0.25, 0.3) is 0 Å². The van der Waals surface area contributed by atoms with Gasteiger partial charge in [0, 0.05) is 19.5 Å². The first kappa shape index (κ1) is 12.1. The number of rotatable bonds is 1. The molecule has 2 atom stereocenters. The van der Waals surface area contributed by atoms with Crippen molar-refractivity contribution in [1.29, 1.82) is 0 Å². The van der Waals surface area contributed by atoms with Gasteiger partial charge in [0.25, 0.3) is 0 Å². The first-order valence-corrected chi connectivity index (χ1v) is 7.33. The molecule has 2 aliphatic heterocycles. The topological polar surface area (TPSA) is 23.5 Å². The van der Waals surface area contributed by atoms with Crippen LogP contribution in [-0.4, -0.2) is 70.3 Å². The van der Waals surface area contributed by atoms with Crippen molar-refractivity contribution < 1.29 is 9.59 Å². The zero-order valence-corrected chi connectivity index (χ0v) is 11.9. The molecule has 0 aromatic heterocycles. The van der Waals surface area contributed by atoms with E-state index in [4.69, 9.17) is 0 Å². The van der Waals surface area contributed by atoms with Crippen LogP contribution in [0.4, 0.5) is 0 Å². The number of alkyl halides is 1. The fourth-order valence-electron chi connectivity index (χ4n) is 3.26. The van der Waals surface area contributed by atoms with E-state index in [9.17, 15) is 5.11 Å². The molecule has 0 radical (unpaired) electrons. The molecule has 2 saturated heterocycles. The van der Waals surface area contributed by atoms with Gasteiger partial charge in [-0.2, -0.15) is 0 Å². The van der Waals surface area contributed by atoms with Gasteiger partial charge in [-0.05, 0) is 14.0 Å². The van der Waals surface area contributed by atoms with Gasteiger partial charge >= 0.3 is 0 Å². The highest BCUT2D eigenvalue weighted by molar-refractivity contribution is 14.1. The van der Waals surface area contributed by atoms with Crippen LogP contribution >= 0.6 is 22.6 Å². The maximum absolute atomic E-state index is 10.2. The zero-order valence-electron chi connectivity index (χ0n) is 9.75. The van der Waals surface area contributed by atoms with Gasteiger partial charge in [0.05, 0.1) is 17.5 Å². The molecule has 3 nitrogen and oxygen atoms in total. The van der Waals surface area contributed by atoms with Crippen molar-refractivity contribution in [3.05, 3.63) is 0 Å². The summed E-state index contributed by atoms with van der Waals surface area (Å²) in [4.78, 5) is 2.40. The second-order valence-corrected chi connectivity index (χ2v) is 6.52. The normalized spacial score (nSPS) is 41.2. The summed E-state index contributed by atoms with van der Waals surface area (Å²) in [5.41, 5.74) is -0.425. The quantitative estimate of drug-likeness (QED) is 0.436. The summed E-state index contributed by atoms with van der Waals surface area (Å²) < 4.78 is 2.35. The molecule has 2 heterocycles. The molecule has 0 saturated carbocycles. The number of nitrogens with zero attached hydrogens (tertiary/aromatic N) is 2. The Morgan fingerprint density at radius 3 is 2.60 bits per heavy atom. The largest absolute Gasteiger partial charge is 0.384 e. The van der Waals surface area contributed by atoms with E-state index in [1.54, 1.807) is 0 Å². The molecule has 0 bridgehead atoms. The van der Waals surface area contributed by atoms with Crippen LogP contribution in [-0.2, 0) is 0 Å². The van der Waals surface area contributed by atoms with E-state index in [0.29, 0.717) is 6.04 Å². The minimum atomic E-state index is -0.425. The van der Waals surface area contributed by atoms with Crippen LogP contribution < -0.4 is 0 Å². The summed E-state index contributed by atoms with van der Waals surface area (Å²) in [6.07, 6.45) is 0.986. The Morgan fingerprint density at radius 1 is 1.47 bits per heavy atom. The number of halogens is 1. The second kappa shape index (κ2) is 4.13. The Hall–Kier alpha value is 0.610. The molecule has 0 aromatic rings. The van der Waals surface area contributed by atoms with Crippen molar-refractivity contribution in [2.45, 2.75) is 25.0 Å². The Labute approximate surface area is 106 Å². The SMILES string of the molecule is CN1CC[N+]2(CC1)C[C@@](C)(O)C[C@@H]2CI. The van der Waals surface area contributed by atoms with E-state index in [1.165, 1.54) is 35.1 Å². The van der Waals surface area contributed by atoms with E-state index in [1.807, 2.05) is 6.92 Å². The van der Waals surface area contributed by atoms with Crippen LogP contribution in [0.2, 0.25) is 0 Å². The van der Waals surface area contributed by atoms with Crippen LogP contribution in [0.1, 0.15) is 13.3 Å². The predicted molar refractivity (Wildman–Crippen MR) is 70.3 cm³/mol. The molecular formula is C11H22IN2O+. The molecule has 0 unspecified atom stereocenters. The Balaban J connectivity index is 2.12. The number of hydrogen-bond acceptors (Lipinski definition) is 2. The number of aliphatic hydroxyl groups is 1. The lowest BCUT2D eigenvalue weighted by molar-refractivity contribution is -0.942. The molecule has 1 N–H and O–H groups in total. The van der Waals surface area contributed by atoms with E-state index in [2.05, 4.69) is 34.5 Å². The molecule has 15 heavy (non-hydrogen) atoms. The average Bonchev–Trinajstić information content (AvgIpc) is 2.43. The van der Waals surface area contributed by atoms with Crippen molar-refractivity contribution in [3.63, 3.8) is 0 Å². The minimum Gasteiger partial charge on any atom is -0.384 e. The first-order chi connectivity index (χ1) is 6.97. The zero-order chi connectivity index (χ0) is 11.1. The fourth-order valence-corrected chi connectivity index (χ4v) is 4.41. The van der Waals surface area contributed by atoms with Crippen LogP contribution in [0.15, 0.2) is 0 Å². The van der Waals surface area contributed by atoms with E-state index in [-0.39, 0.29) is 0 Å². The molecule has 2 aliphatic rings. The van der Waals surface area contributed by atoms with E-state index < -0.39 is 5.60 Å². The lowest BCUT2D eigenvalue weighted by Gasteiger charge is -2.45. The standard InChI is InChI=1S/C11H22IN2O/c1-11(15)7-10(8-12)14(9-11)5-3-13(2)4-6-14/h10,15H,3-9H2,1-2H3/q+1/t10-,11+/m1/s1. The second-order valence-electron chi connectivity index (χ2n) is 5.64. The van der Waals surface area contributed by atoms with Crippen LogP contribution in [0, 0.1) is 0 Å². The van der Waals surface area contributed by atoms with Gasteiger partial charge in [0.15, 0.2) is 0 Å². The fraction of sp³-hybridized carbons (Fsp3) is 1.00. The van der Waals surface area contributed by atoms with Gasteiger partial charge in [0.1, 0.15) is 18.2 Å². The first-order valence-electron chi connectivity index (χ1n) is 5.80. The molecule has 0 aromatic carbocycles. The molecule has 4 heteroatoms. The van der Waals surface area contributed by atoms with Crippen LogP contribution in [0.3, 0.4) is 0 Å². The van der Waals surface area contributed by atoms with Gasteiger partial charge in [0.2, 0.25) is 0 Å². The summed E-state index contributed by atoms with van der Waals surface area (Å²) in [7, 11) is 2.20. The van der Waals surface area contributed by atoms with Gasteiger partial charge in [-0.3, -0.25) is 4.90 Å². The lowest BCUT2D eigenvalue weighted by atomic mass is 10.0. The summed E-state index contributed by atoms with van der Waals surface area (Å²) in [6.45, 7) is 7.79. The van der Waals surface area contributed by atoms with Crippen molar-refractivity contribution >= 4 is 22.6 Å². The van der Waals surface area contributed by atoms with Gasteiger partial charge < -0.3 is 9.59 Å². The Morgan fingerprint density at radius 2 is 2.07 bits per heavy atom. The molecule has 2 rings (SSSR count). The third-order valence-electron chi connectivity index (χ3n) is 4.14. The van der Waals surface area contributed by atoms with Gasteiger partial charge in [-0.1, -0.05) is 22.6 Å². The summed E-state index contributed by atoms with van der Waals surface area (Å²) in [5, 5.41) is 10.2. The Bertz CT molecular complexity index is 237. The van der Waals surface area contributed by atoms with Crippen molar-refractivity contribution in [3.8, 4) is 0 Å². The number of piperazine rings is 1. The minimum absolute atomic E-state index is 0.425. The number of quaternary nitrogens is 1. The third-order valence-corrected chi connectivity index (χ3v) is 5.15. The van der Waals surface area contributed by atoms with E-state index >= 15 is 0 Å². The molecule has 88 valence electrons. The smallest absolute Gasteiger partial charge is 0.116 e. The highest BCUT2D eigenvalue weighted by atomic mass is 127. The van der Waals surface area contributed by atoms with Crippen LogP contribution in [0.5, 0.6) is 0 Å². The van der Waals surface area contributed by atoms with Crippen molar-refractivity contribution in [2.75, 3.05) is 44.2 Å². The highest BCUT2D eigenvalue weighted by Crippen LogP contribution is 2.36. The Kier molecular flexibility index (Phi) is 3.32. The molecule has 1 spiro atoms. The maximum atomic E-state index is 10.2. The van der Waals surface area contributed by atoms with Gasteiger partial charge in [-0.25, -0.2) is 0 Å². The van der Waals surface area contributed by atoms with Crippen molar-refractivity contribution in [2.24, 2.45) is 0 Å².